The third-order valence-electron chi connectivity index (χ3n) is 3.42. The van der Waals surface area contributed by atoms with E-state index >= 15 is 0 Å². The van der Waals surface area contributed by atoms with Crippen LogP contribution in [-0.4, -0.2) is 8.42 Å². The Morgan fingerprint density at radius 1 is 0.741 bits per heavy atom. The molecule has 0 aromatic heterocycles. The standard InChI is InChI=1S/C19H17O5PS2/c1-16-12-14-19(15-13-16)27(20,21)24-25(26,22-17-8-4-2-5-9-17)23-18-10-6-3-7-11-18/h2-15H,1H3. The van der Waals surface area contributed by atoms with Crippen LogP contribution < -0.4 is 9.05 Å². The van der Waals surface area contributed by atoms with Gasteiger partial charge < -0.3 is 9.05 Å². The van der Waals surface area contributed by atoms with Crippen LogP contribution in [0.5, 0.6) is 11.5 Å². The topological polar surface area (TPSA) is 61.8 Å². The Bertz CT molecular complexity index is 991. The molecule has 0 aliphatic heterocycles. The van der Waals surface area contributed by atoms with Crippen LogP contribution >= 0.6 is 6.72 Å². The first-order valence-corrected chi connectivity index (χ1v) is 11.9. The fraction of sp³-hybridized carbons (Fsp3) is 0.0526. The number of benzene rings is 3. The zero-order valence-electron chi connectivity index (χ0n) is 14.4. The lowest BCUT2D eigenvalue weighted by molar-refractivity contribution is 0.380. The van der Waals surface area contributed by atoms with Crippen LogP contribution in [0.1, 0.15) is 5.56 Å². The minimum Gasteiger partial charge on any atom is -0.415 e. The number of hydrogen-bond donors (Lipinski definition) is 0. The highest BCUT2D eigenvalue weighted by molar-refractivity contribution is 8.11. The zero-order chi connectivity index (χ0) is 19.3. The third-order valence-corrected chi connectivity index (χ3v) is 7.65. The van der Waals surface area contributed by atoms with Gasteiger partial charge in [0.05, 0.1) is 4.90 Å². The van der Waals surface area contributed by atoms with Crippen molar-refractivity contribution in [3.63, 3.8) is 0 Å². The predicted octanol–water partition coefficient (Wildman–Crippen LogP) is 5.08. The molecule has 0 atom stereocenters. The van der Waals surface area contributed by atoms with Gasteiger partial charge in [-0.3, -0.25) is 0 Å². The summed E-state index contributed by atoms with van der Waals surface area (Å²) in [4.78, 5) is -0.0179. The van der Waals surface area contributed by atoms with Gasteiger partial charge in [0.2, 0.25) is 0 Å². The summed E-state index contributed by atoms with van der Waals surface area (Å²) in [6.45, 7) is -1.86. The normalized spacial score (nSPS) is 11.7. The summed E-state index contributed by atoms with van der Waals surface area (Å²) in [5, 5.41) is 0. The molecular weight excluding hydrogens is 403 g/mol. The molecule has 0 spiro atoms. The van der Waals surface area contributed by atoms with Crippen molar-refractivity contribution in [2.24, 2.45) is 0 Å². The summed E-state index contributed by atoms with van der Waals surface area (Å²) in [5.74, 6) is 0.715. The molecule has 0 heterocycles. The van der Waals surface area contributed by atoms with Crippen molar-refractivity contribution in [2.75, 3.05) is 0 Å². The Hall–Kier alpha value is -2.18. The van der Waals surface area contributed by atoms with Gasteiger partial charge >= 0.3 is 16.8 Å². The molecule has 0 unspecified atom stereocenters. The lowest BCUT2D eigenvalue weighted by Crippen LogP contribution is -2.11. The first-order valence-electron chi connectivity index (χ1n) is 7.99. The second-order valence-electron chi connectivity index (χ2n) is 5.60. The Kier molecular flexibility index (Phi) is 5.97. The Morgan fingerprint density at radius 3 is 1.63 bits per heavy atom. The van der Waals surface area contributed by atoms with Crippen molar-refractivity contribution in [1.29, 1.82) is 0 Å². The maximum atomic E-state index is 12.7. The molecular formula is C19H17O5PS2. The number of aryl methyl sites for hydroxylation is 1. The summed E-state index contributed by atoms with van der Waals surface area (Å²) >= 11 is 5.41. The van der Waals surface area contributed by atoms with E-state index in [2.05, 4.69) is 0 Å². The third kappa shape index (κ3) is 5.40. The van der Waals surface area contributed by atoms with Gasteiger partial charge in [-0.25, -0.2) is 0 Å². The summed E-state index contributed by atoms with van der Waals surface area (Å²) in [7, 11) is -4.18. The van der Waals surface area contributed by atoms with Crippen LogP contribution in [0, 0.1) is 6.92 Å². The summed E-state index contributed by atoms with van der Waals surface area (Å²) in [5.41, 5.74) is 0.925. The van der Waals surface area contributed by atoms with Gasteiger partial charge in [-0.05, 0) is 43.3 Å². The van der Waals surface area contributed by atoms with Crippen molar-refractivity contribution in [3.05, 3.63) is 90.5 Å². The average molecular weight is 420 g/mol. The average Bonchev–Trinajstić information content (AvgIpc) is 2.63. The van der Waals surface area contributed by atoms with E-state index in [1.165, 1.54) is 12.1 Å². The minimum absolute atomic E-state index is 0.0179. The lowest BCUT2D eigenvalue weighted by Gasteiger charge is -2.22. The highest BCUT2D eigenvalue weighted by Crippen LogP contribution is 2.52. The highest BCUT2D eigenvalue weighted by atomic mass is 32.5. The molecule has 3 aromatic carbocycles. The first kappa shape index (κ1) is 19.6. The number of rotatable bonds is 7. The van der Waals surface area contributed by atoms with Gasteiger partial charge in [0.15, 0.2) is 0 Å². The van der Waals surface area contributed by atoms with Crippen molar-refractivity contribution in [2.45, 2.75) is 11.8 Å². The molecule has 3 aromatic rings. The molecule has 0 saturated heterocycles. The van der Waals surface area contributed by atoms with E-state index < -0.39 is 16.8 Å². The van der Waals surface area contributed by atoms with Crippen molar-refractivity contribution in [1.82, 2.24) is 0 Å². The maximum absolute atomic E-state index is 12.7. The highest BCUT2D eigenvalue weighted by Gasteiger charge is 2.33. The van der Waals surface area contributed by atoms with Crippen molar-refractivity contribution < 1.29 is 21.4 Å². The van der Waals surface area contributed by atoms with Crippen LogP contribution in [0.4, 0.5) is 0 Å². The van der Waals surface area contributed by atoms with E-state index in [1.807, 2.05) is 6.92 Å². The largest absolute Gasteiger partial charge is 0.450 e. The monoisotopic (exact) mass is 420 g/mol. The van der Waals surface area contributed by atoms with Gasteiger partial charge in [0.1, 0.15) is 11.5 Å². The lowest BCUT2D eigenvalue weighted by atomic mass is 10.2. The molecule has 8 heteroatoms. The zero-order valence-corrected chi connectivity index (χ0v) is 16.9. The molecule has 0 N–H and O–H groups in total. The minimum atomic E-state index is -4.18. The van der Waals surface area contributed by atoms with E-state index in [4.69, 9.17) is 24.8 Å². The van der Waals surface area contributed by atoms with Crippen LogP contribution in [0.3, 0.4) is 0 Å². The second-order valence-corrected chi connectivity index (χ2v) is 10.2. The Morgan fingerprint density at radius 2 is 1.19 bits per heavy atom. The van der Waals surface area contributed by atoms with Crippen LogP contribution in [0.2, 0.25) is 0 Å². The summed E-state index contributed by atoms with van der Waals surface area (Å²) < 4.78 is 42.1. The van der Waals surface area contributed by atoms with Gasteiger partial charge in [0.25, 0.3) is 0 Å². The van der Waals surface area contributed by atoms with E-state index in [0.717, 1.165) is 5.56 Å². The Labute approximate surface area is 163 Å². The molecule has 0 amide bonds. The molecule has 0 aliphatic rings. The Balaban J connectivity index is 1.93. The molecule has 27 heavy (non-hydrogen) atoms. The van der Waals surface area contributed by atoms with Crippen LogP contribution in [0.25, 0.3) is 0 Å². The van der Waals surface area contributed by atoms with Crippen LogP contribution in [-0.2, 0) is 25.9 Å². The summed E-state index contributed by atoms with van der Waals surface area (Å²) in [6, 6.07) is 23.4. The van der Waals surface area contributed by atoms with E-state index in [9.17, 15) is 8.42 Å². The molecule has 0 fully saturated rings. The number of hydrogen-bond acceptors (Lipinski definition) is 6. The quantitative estimate of drug-likeness (QED) is 0.497. The fourth-order valence-corrected chi connectivity index (χ4v) is 6.19. The van der Waals surface area contributed by atoms with Gasteiger partial charge in [-0.1, -0.05) is 54.1 Å². The SMILES string of the molecule is Cc1ccc(S(=O)(=O)OP(=S)(Oc2ccccc2)Oc2ccccc2)cc1. The van der Waals surface area contributed by atoms with Crippen molar-refractivity contribution in [3.8, 4) is 11.5 Å². The summed E-state index contributed by atoms with van der Waals surface area (Å²) in [6.07, 6.45) is 0. The molecule has 140 valence electrons. The molecule has 3 rings (SSSR count). The molecule has 5 nitrogen and oxygen atoms in total. The second kappa shape index (κ2) is 8.23. The fourth-order valence-electron chi connectivity index (χ4n) is 2.14. The molecule has 0 radical (unpaired) electrons. The predicted molar refractivity (Wildman–Crippen MR) is 108 cm³/mol. The van der Waals surface area contributed by atoms with E-state index in [0.29, 0.717) is 11.5 Å². The maximum Gasteiger partial charge on any atom is 0.450 e. The molecule has 0 saturated carbocycles. The van der Waals surface area contributed by atoms with Gasteiger partial charge in [-0.2, -0.15) is 12.4 Å². The van der Waals surface area contributed by atoms with Gasteiger partial charge in [0, 0.05) is 11.8 Å². The van der Waals surface area contributed by atoms with Gasteiger partial charge in [-0.15, -0.1) is 0 Å². The van der Waals surface area contributed by atoms with Crippen LogP contribution in [0.15, 0.2) is 89.8 Å². The number of para-hydroxylation sites is 2. The van der Waals surface area contributed by atoms with E-state index in [-0.39, 0.29) is 4.90 Å². The van der Waals surface area contributed by atoms with Crippen molar-refractivity contribution >= 4 is 28.6 Å². The molecule has 0 aliphatic carbocycles. The van der Waals surface area contributed by atoms with E-state index in [1.54, 1.807) is 72.8 Å². The smallest absolute Gasteiger partial charge is 0.415 e. The first-order chi connectivity index (χ1) is 12.9. The molecule has 0 bridgehead atoms.